The molecule has 0 amide bonds. The Labute approximate surface area is 74.8 Å². The molecule has 1 atom stereocenters. The Bertz CT molecular complexity index is 355. The summed E-state index contributed by atoms with van der Waals surface area (Å²) in [7, 11) is 0. The van der Waals surface area contributed by atoms with Crippen molar-refractivity contribution in [2.75, 3.05) is 13.1 Å². The average Bonchev–Trinajstić information content (AvgIpc) is 2.53. The summed E-state index contributed by atoms with van der Waals surface area (Å²) in [4.78, 5) is 17.5. The quantitative estimate of drug-likeness (QED) is 0.548. The zero-order chi connectivity index (χ0) is 9.26. The van der Waals surface area contributed by atoms with Crippen LogP contribution in [0.2, 0.25) is 0 Å². The van der Waals surface area contributed by atoms with Gasteiger partial charge in [-0.2, -0.15) is 4.98 Å². The van der Waals surface area contributed by atoms with Crippen molar-refractivity contribution in [3.8, 4) is 5.88 Å². The molecule has 1 aromatic heterocycles. The maximum atomic E-state index is 11.0. The van der Waals surface area contributed by atoms with Crippen molar-refractivity contribution >= 4 is 0 Å². The van der Waals surface area contributed by atoms with E-state index in [-0.39, 0.29) is 17.4 Å². The lowest BCUT2D eigenvalue weighted by atomic mass is 10.1. The first-order valence-corrected chi connectivity index (χ1v) is 4.26. The molecule has 2 rings (SSSR count). The van der Waals surface area contributed by atoms with Crippen LogP contribution >= 0.6 is 0 Å². The number of H-pyrrole nitrogens is 1. The maximum absolute atomic E-state index is 11.0. The van der Waals surface area contributed by atoms with Crippen molar-refractivity contribution in [3.05, 3.63) is 22.2 Å². The molecular formula is C8H11N3O2. The van der Waals surface area contributed by atoms with Crippen molar-refractivity contribution in [2.24, 2.45) is 0 Å². The van der Waals surface area contributed by atoms with Gasteiger partial charge in [-0.25, -0.2) is 0 Å². The number of nitrogens with one attached hydrogen (secondary N) is 2. The third-order valence-electron chi connectivity index (χ3n) is 2.19. The summed E-state index contributed by atoms with van der Waals surface area (Å²) in [5.41, 5.74) is -0.297. The van der Waals surface area contributed by atoms with Gasteiger partial charge in [-0.3, -0.25) is 4.79 Å². The molecule has 1 saturated heterocycles. The second kappa shape index (κ2) is 3.18. The Morgan fingerprint density at radius 2 is 2.46 bits per heavy atom. The minimum Gasteiger partial charge on any atom is -0.493 e. The molecule has 3 N–H and O–H groups in total. The van der Waals surface area contributed by atoms with Crippen molar-refractivity contribution in [2.45, 2.75) is 12.3 Å². The van der Waals surface area contributed by atoms with Gasteiger partial charge < -0.3 is 15.4 Å². The van der Waals surface area contributed by atoms with Crippen LogP contribution in [0.3, 0.4) is 0 Å². The number of aromatic nitrogens is 2. The first kappa shape index (κ1) is 8.25. The predicted molar refractivity (Wildman–Crippen MR) is 46.8 cm³/mol. The average molecular weight is 181 g/mol. The molecule has 2 heterocycles. The Morgan fingerprint density at radius 1 is 1.62 bits per heavy atom. The fourth-order valence-electron chi connectivity index (χ4n) is 1.54. The van der Waals surface area contributed by atoms with E-state index in [2.05, 4.69) is 15.3 Å². The molecule has 1 aliphatic rings. The highest BCUT2D eigenvalue weighted by molar-refractivity contribution is 5.10. The van der Waals surface area contributed by atoms with Crippen LogP contribution in [-0.2, 0) is 0 Å². The summed E-state index contributed by atoms with van der Waals surface area (Å²) in [6, 6.07) is 1.08. The molecule has 1 fully saturated rings. The molecule has 1 aromatic rings. The van der Waals surface area contributed by atoms with Crippen molar-refractivity contribution in [3.63, 3.8) is 0 Å². The van der Waals surface area contributed by atoms with Gasteiger partial charge in [0.05, 0.1) is 6.07 Å². The SMILES string of the molecule is O=c1cc(O)nc(C2CCNC2)[nH]1. The second-order valence-electron chi connectivity index (χ2n) is 3.18. The van der Waals surface area contributed by atoms with Gasteiger partial charge in [0.25, 0.3) is 5.56 Å². The molecule has 0 aliphatic carbocycles. The van der Waals surface area contributed by atoms with E-state index >= 15 is 0 Å². The topological polar surface area (TPSA) is 78.0 Å². The highest BCUT2D eigenvalue weighted by Gasteiger charge is 2.19. The molecule has 0 radical (unpaired) electrons. The van der Waals surface area contributed by atoms with Crippen molar-refractivity contribution < 1.29 is 5.11 Å². The monoisotopic (exact) mass is 181 g/mol. The smallest absolute Gasteiger partial charge is 0.254 e. The standard InChI is InChI=1S/C8H11N3O2/c12-6-3-7(13)11-8(10-6)5-1-2-9-4-5/h3,5,9H,1-2,4H2,(H2,10,11,12,13). The van der Waals surface area contributed by atoms with Gasteiger partial charge in [-0.1, -0.05) is 0 Å². The van der Waals surface area contributed by atoms with Crippen LogP contribution in [0.15, 0.2) is 10.9 Å². The van der Waals surface area contributed by atoms with Crippen LogP contribution in [-0.4, -0.2) is 28.2 Å². The van der Waals surface area contributed by atoms with Crippen LogP contribution < -0.4 is 10.9 Å². The molecule has 13 heavy (non-hydrogen) atoms. The first-order chi connectivity index (χ1) is 6.25. The van der Waals surface area contributed by atoms with Crippen LogP contribution in [0.25, 0.3) is 0 Å². The largest absolute Gasteiger partial charge is 0.493 e. The van der Waals surface area contributed by atoms with Gasteiger partial charge in [-0.15, -0.1) is 0 Å². The third kappa shape index (κ3) is 1.70. The lowest BCUT2D eigenvalue weighted by Gasteiger charge is -2.06. The molecule has 5 heteroatoms. The number of hydrogen-bond donors (Lipinski definition) is 3. The highest BCUT2D eigenvalue weighted by Crippen LogP contribution is 2.18. The van der Waals surface area contributed by atoms with Crippen LogP contribution in [0, 0.1) is 0 Å². The number of rotatable bonds is 1. The molecule has 5 nitrogen and oxygen atoms in total. The molecule has 0 spiro atoms. The summed E-state index contributed by atoms with van der Waals surface area (Å²) in [6.45, 7) is 1.75. The van der Waals surface area contributed by atoms with Crippen molar-refractivity contribution in [1.82, 2.24) is 15.3 Å². The Morgan fingerprint density at radius 3 is 3.08 bits per heavy atom. The first-order valence-electron chi connectivity index (χ1n) is 4.26. The normalized spacial score (nSPS) is 22.0. The summed E-state index contributed by atoms with van der Waals surface area (Å²) in [6.07, 6.45) is 0.951. The zero-order valence-electron chi connectivity index (χ0n) is 7.08. The van der Waals surface area contributed by atoms with Crippen molar-refractivity contribution in [1.29, 1.82) is 0 Å². The molecule has 1 aliphatic heterocycles. The maximum Gasteiger partial charge on any atom is 0.254 e. The molecule has 0 aromatic carbocycles. The minimum atomic E-state index is -0.297. The van der Waals surface area contributed by atoms with E-state index in [4.69, 9.17) is 5.11 Å². The zero-order valence-corrected chi connectivity index (χ0v) is 7.08. The minimum absolute atomic E-state index is 0.203. The highest BCUT2D eigenvalue weighted by atomic mass is 16.3. The van der Waals surface area contributed by atoms with Gasteiger partial charge in [0.1, 0.15) is 5.82 Å². The number of nitrogens with zero attached hydrogens (tertiary/aromatic N) is 1. The lowest BCUT2D eigenvalue weighted by molar-refractivity contribution is 0.444. The fraction of sp³-hybridized carbons (Fsp3) is 0.500. The van der Waals surface area contributed by atoms with E-state index < -0.39 is 0 Å². The molecule has 0 bridgehead atoms. The van der Waals surface area contributed by atoms with Crippen LogP contribution in [0.1, 0.15) is 18.2 Å². The molecule has 0 saturated carbocycles. The molecular weight excluding hydrogens is 170 g/mol. The Hall–Kier alpha value is -1.36. The Kier molecular flexibility index (Phi) is 2.02. The van der Waals surface area contributed by atoms with E-state index in [1.807, 2.05) is 0 Å². The number of aromatic hydroxyl groups is 1. The number of hydrogen-bond acceptors (Lipinski definition) is 4. The van der Waals surface area contributed by atoms with Crippen LogP contribution in [0.4, 0.5) is 0 Å². The van der Waals surface area contributed by atoms with E-state index in [0.29, 0.717) is 5.82 Å². The second-order valence-corrected chi connectivity index (χ2v) is 3.18. The van der Waals surface area contributed by atoms with Crippen LogP contribution in [0.5, 0.6) is 5.88 Å². The van der Waals surface area contributed by atoms with Gasteiger partial charge in [0.15, 0.2) is 0 Å². The van der Waals surface area contributed by atoms with Gasteiger partial charge in [0, 0.05) is 12.5 Å². The third-order valence-corrected chi connectivity index (χ3v) is 2.19. The van der Waals surface area contributed by atoms with E-state index in [9.17, 15) is 4.79 Å². The van der Waals surface area contributed by atoms with E-state index in [1.165, 1.54) is 0 Å². The van der Waals surface area contributed by atoms with E-state index in [0.717, 1.165) is 25.6 Å². The summed E-state index contributed by atoms with van der Waals surface area (Å²) >= 11 is 0. The van der Waals surface area contributed by atoms with E-state index in [1.54, 1.807) is 0 Å². The van der Waals surface area contributed by atoms with Gasteiger partial charge in [0.2, 0.25) is 5.88 Å². The van der Waals surface area contributed by atoms with Gasteiger partial charge in [-0.05, 0) is 13.0 Å². The molecule has 1 unspecified atom stereocenters. The Balaban J connectivity index is 2.33. The summed E-state index contributed by atoms with van der Waals surface area (Å²) < 4.78 is 0. The lowest BCUT2D eigenvalue weighted by Crippen LogP contribution is -2.15. The van der Waals surface area contributed by atoms with Gasteiger partial charge >= 0.3 is 0 Å². The molecule has 70 valence electrons. The summed E-state index contributed by atoms with van der Waals surface area (Å²) in [5.74, 6) is 0.598. The fourth-order valence-corrected chi connectivity index (χ4v) is 1.54. The summed E-state index contributed by atoms with van der Waals surface area (Å²) in [5, 5.41) is 12.3. The predicted octanol–water partition coefficient (Wildman–Crippen LogP) is -0.448. The number of aromatic amines is 1.